The summed E-state index contributed by atoms with van der Waals surface area (Å²) in [7, 11) is 0. The minimum Gasteiger partial charge on any atom is -0.354 e. The molecule has 0 aliphatic heterocycles. The quantitative estimate of drug-likeness (QED) is 0.751. The van der Waals surface area contributed by atoms with E-state index in [0.717, 1.165) is 11.1 Å². The second-order valence-corrected chi connectivity index (χ2v) is 7.59. The van der Waals surface area contributed by atoms with Crippen molar-refractivity contribution in [1.29, 1.82) is 0 Å². The number of nitrogens with one attached hydrogen (secondary N) is 1. The highest BCUT2D eigenvalue weighted by Crippen LogP contribution is 2.15. The number of amides is 2. The monoisotopic (exact) mass is 384 g/mol. The van der Waals surface area contributed by atoms with Crippen LogP contribution in [0.15, 0.2) is 48.5 Å². The van der Waals surface area contributed by atoms with Crippen molar-refractivity contribution in [2.24, 2.45) is 5.92 Å². The lowest BCUT2D eigenvalue weighted by Crippen LogP contribution is -2.48. The molecule has 2 aromatic rings. The molecule has 1 atom stereocenters. The van der Waals surface area contributed by atoms with E-state index in [0.29, 0.717) is 24.6 Å². The highest BCUT2D eigenvalue weighted by Gasteiger charge is 2.26. The molecule has 5 heteroatoms. The van der Waals surface area contributed by atoms with Crippen LogP contribution in [-0.4, -0.2) is 29.3 Å². The Kier molecular flexibility index (Phi) is 7.73. The fourth-order valence-corrected chi connectivity index (χ4v) is 2.95. The van der Waals surface area contributed by atoms with E-state index in [9.17, 15) is 14.0 Å². The van der Waals surface area contributed by atoms with E-state index in [1.54, 1.807) is 25.1 Å². The van der Waals surface area contributed by atoms with Crippen molar-refractivity contribution >= 4 is 11.8 Å². The molecule has 0 bridgehead atoms. The van der Waals surface area contributed by atoms with Crippen molar-refractivity contribution in [3.8, 4) is 0 Å². The lowest BCUT2D eigenvalue weighted by molar-refractivity contribution is -0.140. The molecular weight excluding hydrogens is 355 g/mol. The van der Waals surface area contributed by atoms with E-state index in [4.69, 9.17) is 0 Å². The zero-order valence-corrected chi connectivity index (χ0v) is 17.0. The van der Waals surface area contributed by atoms with Crippen molar-refractivity contribution in [2.75, 3.05) is 6.54 Å². The van der Waals surface area contributed by atoms with E-state index in [2.05, 4.69) is 5.32 Å². The normalized spacial score (nSPS) is 11.9. The first-order chi connectivity index (χ1) is 13.3. The van der Waals surface area contributed by atoms with Crippen LogP contribution in [0.3, 0.4) is 0 Å². The highest BCUT2D eigenvalue weighted by molar-refractivity contribution is 5.88. The molecule has 0 radical (unpaired) electrons. The first-order valence-corrected chi connectivity index (χ1v) is 9.64. The molecule has 150 valence electrons. The van der Waals surface area contributed by atoms with Crippen LogP contribution in [0.5, 0.6) is 0 Å². The summed E-state index contributed by atoms with van der Waals surface area (Å²) in [4.78, 5) is 27.1. The summed E-state index contributed by atoms with van der Waals surface area (Å²) < 4.78 is 14.0. The van der Waals surface area contributed by atoms with Gasteiger partial charge in [-0.3, -0.25) is 9.59 Å². The summed E-state index contributed by atoms with van der Waals surface area (Å²) in [6.07, 6.45) is -0.0830. The minimum absolute atomic E-state index is 0.0830. The molecule has 28 heavy (non-hydrogen) atoms. The Bertz CT molecular complexity index is 820. The number of hydrogen-bond donors (Lipinski definition) is 1. The van der Waals surface area contributed by atoms with E-state index in [1.807, 2.05) is 45.0 Å². The third kappa shape index (κ3) is 6.19. The summed E-state index contributed by atoms with van der Waals surface area (Å²) in [5.74, 6) is -0.583. The fourth-order valence-electron chi connectivity index (χ4n) is 2.95. The number of hydrogen-bond acceptors (Lipinski definition) is 2. The molecule has 0 aliphatic carbocycles. The van der Waals surface area contributed by atoms with Crippen LogP contribution in [-0.2, 0) is 22.6 Å². The molecule has 0 fully saturated rings. The average molecular weight is 384 g/mol. The van der Waals surface area contributed by atoms with Gasteiger partial charge in [-0.1, -0.05) is 61.9 Å². The van der Waals surface area contributed by atoms with Crippen molar-refractivity contribution in [2.45, 2.75) is 46.7 Å². The van der Waals surface area contributed by atoms with E-state index >= 15 is 0 Å². The van der Waals surface area contributed by atoms with Crippen molar-refractivity contribution in [3.63, 3.8) is 0 Å². The van der Waals surface area contributed by atoms with Gasteiger partial charge in [0.2, 0.25) is 11.8 Å². The molecule has 2 rings (SSSR count). The van der Waals surface area contributed by atoms with Gasteiger partial charge >= 0.3 is 0 Å². The van der Waals surface area contributed by atoms with Crippen LogP contribution >= 0.6 is 0 Å². The zero-order chi connectivity index (χ0) is 20.7. The second kappa shape index (κ2) is 10.0. The van der Waals surface area contributed by atoms with E-state index < -0.39 is 11.9 Å². The molecular formula is C23H29FN2O2. The van der Waals surface area contributed by atoms with Crippen LogP contribution in [0.2, 0.25) is 0 Å². The van der Waals surface area contributed by atoms with Gasteiger partial charge in [-0.15, -0.1) is 0 Å². The second-order valence-electron chi connectivity index (χ2n) is 7.59. The van der Waals surface area contributed by atoms with E-state index in [1.165, 1.54) is 11.0 Å². The Hall–Kier alpha value is -2.69. The number of carbonyl (C=O) groups excluding carboxylic acids is 2. The predicted octanol–water partition coefficient (Wildman–Crippen LogP) is 3.87. The Labute approximate surface area is 166 Å². The van der Waals surface area contributed by atoms with Crippen molar-refractivity contribution in [1.82, 2.24) is 10.2 Å². The van der Waals surface area contributed by atoms with Crippen LogP contribution in [0, 0.1) is 18.7 Å². The maximum atomic E-state index is 14.0. The van der Waals surface area contributed by atoms with Gasteiger partial charge in [0.1, 0.15) is 11.9 Å². The predicted molar refractivity (Wildman–Crippen MR) is 109 cm³/mol. The molecule has 0 spiro atoms. The first-order valence-electron chi connectivity index (χ1n) is 9.64. The van der Waals surface area contributed by atoms with Crippen LogP contribution in [0.1, 0.15) is 37.5 Å². The maximum absolute atomic E-state index is 14.0. The molecule has 0 aliphatic rings. The molecule has 1 N–H and O–H groups in total. The van der Waals surface area contributed by atoms with Crippen LogP contribution in [0.25, 0.3) is 0 Å². The Morgan fingerprint density at radius 1 is 1.07 bits per heavy atom. The summed E-state index contributed by atoms with van der Waals surface area (Å²) in [5.41, 5.74) is 2.35. The topological polar surface area (TPSA) is 49.4 Å². The third-order valence-corrected chi connectivity index (χ3v) is 4.59. The molecule has 0 saturated heterocycles. The summed E-state index contributed by atoms with van der Waals surface area (Å²) in [6.45, 7) is 8.56. The number of nitrogens with zero attached hydrogens (tertiary/aromatic N) is 1. The smallest absolute Gasteiger partial charge is 0.242 e. The minimum atomic E-state index is -0.654. The van der Waals surface area contributed by atoms with Gasteiger partial charge in [0, 0.05) is 13.1 Å². The Balaban J connectivity index is 2.22. The zero-order valence-electron chi connectivity index (χ0n) is 17.0. The molecule has 0 heterocycles. The number of benzene rings is 2. The fraction of sp³-hybridized carbons (Fsp3) is 0.391. The van der Waals surface area contributed by atoms with Crippen molar-refractivity contribution in [3.05, 3.63) is 71.0 Å². The van der Waals surface area contributed by atoms with Crippen LogP contribution in [0.4, 0.5) is 4.39 Å². The Morgan fingerprint density at radius 2 is 1.79 bits per heavy atom. The maximum Gasteiger partial charge on any atom is 0.242 e. The molecule has 2 aromatic carbocycles. The van der Waals surface area contributed by atoms with Crippen LogP contribution < -0.4 is 5.32 Å². The highest BCUT2D eigenvalue weighted by atomic mass is 19.1. The van der Waals surface area contributed by atoms with Gasteiger partial charge in [0.25, 0.3) is 0 Å². The third-order valence-electron chi connectivity index (χ3n) is 4.59. The largest absolute Gasteiger partial charge is 0.354 e. The molecule has 0 saturated carbocycles. The average Bonchev–Trinajstić information content (AvgIpc) is 2.65. The van der Waals surface area contributed by atoms with E-state index in [-0.39, 0.29) is 18.2 Å². The SMILES string of the molecule is Cc1cccc(CN(C(=O)Cc2ccccc2F)C(C)C(=O)NCC(C)C)c1. The van der Waals surface area contributed by atoms with Gasteiger partial charge in [-0.05, 0) is 37.0 Å². The summed E-state index contributed by atoms with van der Waals surface area (Å²) >= 11 is 0. The molecule has 4 nitrogen and oxygen atoms in total. The van der Waals surface area contributed by atoms with Gasteiger partial charge in [0.15, 0.2) is 0 Å². The van der Waals surface area contributed by atoms with Gasteiger partial charge in [0.05, 0.1) is 6.42 Å². The lowest BCUT2D eigenvalue weighted by Gasteiger charge is -2.29. The molecule has 1 unspecified atom stereocenters. The summed E-state index contributed by atoms with van der Waals surface area (Å²) in [5, 5.41) is 2.88. The van der Waals surface area contributed by atoms with Gasteiger partial charge in [-0.25, -0.2) is 4.39 Å². The van der Waals surface area contributed by atoms with Gasteiger partial charge < -0.3 is 10.2 Å². The van der Waals surface area contributed by atoms with Crippen molar-refractivity contribution < 1.29 is 14.0 Å². The number of halogens is 1. The number of carbonyl (C=O) groups is 2. The summed E-state index contributed by atoms with van der Waals surface area (Å²) in [6, 6.07) is 13.4. The number of aryl methyl sites for hydroxylation is 1. The lowest BCUT2D eigenvalue weighted by atomic mass is 10.1. The molecule has 2 amide bonds. The first kappa shape index (κ1) is 21.6. The Morgan fingerprint density at radius 3 is 2.43 bits per heavy atom. The standard InChI is InChI=1S/C23H29FN2O2/c1-16(2)14-25-23(28)18(4)26(15-19-9-7-8-17(3)12-19)22(27)13-20-10-5-6-11-21(20)24/h5-12,16,18H,13-15H2,1-4H3,(H,25,28). The van der Waals surface area contributed by atoms with Gasteiger partial charge in [-0.2, -0.15) is 0 Å². The number of rotatable bonds is 8. The molecule has 0 aromatic heterocycles.